The Morgan fingerprint density at radius 2 is 1.78 bits per heavy atom. The quantitative estimate of drug-likeness (QED) is 0.847. The van der Waals surface area contributed by atoms with Gasteiger partial charge in [0.05, 0.1) is 25.6 Å². The van der Waals surface area contributed by atoms with Crippen LogP contribution in [-0.4, -0.2) is 44.1 Å². The number of nitrogens with one attached hydrogen (secondary N) is 1. The molecule has 4 rings (SSSR count). The largest absolute Gasteiger partial charge is 0.496 e. The van der Waals surface area contributed by atoms with Crippen molar-refractivity contribution in [3.8, 4) is 5.75 Å². The lowest BCUT2D eigenvalue weighted by atomic mass is 9.83. The number of methoxy groups -OCH3 is 2. The van der Waals surface area contributed by atoms with Gasteiger partial charge >= 0.3 is 5.97 Å². The molecule has 6 heteroatoms. The van der Waals surface area contributed by atoms with Crippen molar-refractivity contribution in [1.29, 1.82) is 0 Å². The van der Waals surface area contributed by atoms with Crippen LogP contribution in [0.2, 0.25) is 0 Å². The maximum absolute atomic E-state index is 13.1. The maximum atomic E-state index is 13.1. The zero-order valence-corrected chi connectivity index (χ0v) is 15.2. The lowest BCUT2D eigenvalue weighted by Gasteiger charge is -2.40. The SMILES string of the molecule is COC(=O)C1C2=C(c3ccccc3OC)NCCN2C(=O)c2ccccc21. The number of rotatable bonds is 3. The molecule has 0 aliphatic carbocycles. The Morgan fingerprint density at radius 3 is 2.52 bits per heavy atom. The number of amides is 1. The van der Waals surface area contributed by atoms with Crippen LogP contribution in [0.4, 0.5) is 0 Å². The van der Waals surface area contributed by atoms with E-state index in [1.165, 1.54) is 7.11 Å². The van der Waals surface area contributed by atoms with E-state index in [1.54, 1.807) is 18.1 Å². The third kappa shape index (κ3) is 2.65. The lowest BCUT2D eigenvalue weighted by molar-refractivity contribution is -0.141. The summed E-state index contributed by atoms with van der Waals surface area (Å²) < 4.78 is 10.6. The Kier molecular flexibility index (Phi) is 4.32. The van der Waals surface area contributed by atoms with Gasteiger partial charge in [-0.25, -0.2) is 0 Å². The van der Waals surface area contributed by atoms with Gasteiger partial charge in [-0.05, 0) is 23.8 Å². The first-order valence-corrected chi connectivity index (χ1v) is 8.77. The normalized spacial score (nSPS) is 18.4. The van der Waals surface area contributed by atoms with Crippen LogP contribution in [0, 0.1) is 0 Å². The highest BCUT2D eigenvalue weighted by Gasteiger charge is 2.43. The van der Waals surface area contributed by atoms with E-state index in [0.717, 1.165) is 11.3 Å². The van der Waals surface area contributed by atoms with Gasteiger partial charge in [0, 0.05) is 24.2 Å². The molecule has 2 aromatic carbocycles. The van der Waals surface area contributed by atoms with Crippen LogP contribution in [0.5, 0.6) is 5.75 Å². The van der Waals surface area contributed by atoms with Crippen molar-refractivity contribution in [3.63, 3.8) is 0 Å². The average Bonchev–Trinajstić information content (AvgIpc) is 2.73. The molecule has 1 unspecified atom stereocenters. The third-order valence-electron chi connectivity index (χ3n) is 5.02. The summed E-state index contributed by atoms with van der Waals surface area (Å²) in [6, 6.07) is 14.8. The van der Waals surface area contributed by atoms with E-state index in [9.17, 15) is 9.59 Å². The van der Waals surface area contributed by atoms with Crippen molar-refractivity contribution in [2.24, 2.45) is 0 Å². The van der Waals surface area contributed by atoms with Crippen LogP contribution in [0.1, 0.15) is 27.4 Å². The van der Waals surface area contributed by atoms with Crippen molar-refractivity contribution in [1.82, 2.24) is 10.2 Å². The number of carbonyl (C=O) groups is 2. The Balaban J connectivity index is 2.01. The number of fused-ring (bicyclic) bond motifs is 2. The average molecular weight is 364 g/mol. The minimum atomic E-state index is -0.684. The fourth-order valence-electron chi connectivity index (χ4n) is 3.83. The highest BCUT2D eigenvalue weighted by Crippen LogP contribution is 2.42. The van der Waals surface area contributed by atoms with Crippen molar-refractivity contribution >= 4 is 17.6 Å². The van der Waals surface area contributed by atoms with Crippen molar-refractivity contribution in [3.05, 3.63) is 70.9 Å². The molecule has 1 amide bonds. The smallest absolute Gasteiger partial charge is 0.319 e. The van der Waals surface area contributed by atoms with Crippen molar-refractivity contribution < 1.29 is 19.1 Å². The van der Waals surface area contributed by atoms with Crippen LogP contribution in [0.15, 0.2) is 54.2 Å². The van der Waals surface area contributed by atoms with Crippen LogP contribution >= 0.6 is 0 Å². The van der Waals surface area contributed by atoms with E-state index in [1.807, 2.05) is 42.5 Å². The first-order chi connectivity index (χ1) is 13.2. The zero-order valence-electron chi connectivity index (χ0n) is 15.2. The maximum Gasteiger partial charge on any atom is 0.319 e. The topological polar surface area (TPSA) is 67.9 Å². The van der Waals surface area contributed by atoms with Crippen LogP contribution in [0.25, 0.3) is 5.70 Å². The highest BCUT2D eigenvalue weighted by atomic mass is 16.5. The molecular formula is C21H20N2O4. The molecule has 0 saturated carbocycles. The molecule has 0 spiro atoms. The number of para-hydroxylation sites is 1. The van der Waals surface area contributed by atoms with E-state index < -0.39 is 11.9 Å². The molecule has 138 valence electrons. The number of hydrogen-bond acceptors (Lipinski definition) is 5. The number of ether oxygens (including phenoxy) is 2. The first kappa shape index (κ1) is 17.1. The number of hydrogen-bond donors (Lipinski definition) is 1. The second-order valence-corrected chi connectivity index (χ2v) is 6.39. The molecule has 2 aliphatic rings. The van der Waals surface area contributed by atoms with Gasteiger partial charge in [0.2, 0.25) is 0 Å². The molecule has 0 saturated heterocycles. The Labute approximate surface area is 157 Å². The molecule has 0 radical (unpaired) electrons. The summed E-state index contributed by atoms with van der Waals surface area (Å²) in [7, 11) is 2.97. The van der Waals surface area contributed by atoms with Gasteiger partial charge in [-0.3, -0.25) is 9.59 Å². The number of benzene rings is 2. The Morgan fingerprint density at radius 1 is 1.07 bits per heavy atom. The molecule has 2 aliphatic heterocycles. The first-order valence-electron chi connectivity index (χ1n) is 8.77. The second-order valence-electron chi connectivity index (χ2n) is 6.39. The molecule has 27 heavy (non-hydrogen) atoms. The summed E-state index contributed by atoms with van der Waals surface area (Å²) in [5, 5.41) is 3.37. The van der Waals surface area contributed by atoms with Gasteiger partial charge < -0.3 is 19.7 Å². The fourth-order valence-corrected chi connectivity index (χ4v) is 3.83. The summed E-state index contributed by atoms with van der Waals surface area (Å²) in [5.41, 5.74) is 3.34. The third-order valence-corrected chi connectivity index (χ3v) is 5.02. The Bertz CT molecular complexity index is 951. The van der Waals surface area contributed by atoms with Crippen LogP contribution in [0.3, 0.4) is 0 Å². The molecule has 0 bridgehead atoms. The summed E-state index contributed by atoms with van der Waals surface area (Å²) in [6.07, 6.45) is 0. The fraction of sp³-hybridized carbons (Fsp3) is 0.238. The molecule has 0 aromatic heterocycles. The van der Waals surface area contributed by atoms with Gasteiger partial charge in [0.1, 0.15) is 11.7 Å². The minimum absolute atomic E-state index is 0.102. The van der Waals surface area contributed by atoms with E-state index in [0.29, 0.717) is 35.7 Å². The molecule has 2 aromatic rings. The predicted molar refractivity (Wildman–Crippen MR) is 100 cm³/mol. The Hall–Kier alpha value is -3.28. The van der Waals surface area contributed by atoms with Gasteiger partial charge in [0.15, 0.2) is 0 Å². The van der Waals surface area contributed by atoms with Gasteiger partial charge in [-0.2, -0.15) is 0 Å². The minimum Gasteiger partial charge on any atom is -0.496 e. The van der Waals surface area contributed by atoms with E-state index in [-0.39, 0.29) is 5.91 Å². The summed E-state index contributed by atoms with van der Waals surface area (Å²) in [5.74, 6) is -0.512. The summed E-state index contributed by atoms with van der Waals surface area (Å²) >= 11 is 0. The van der Waals surface area contributed by atoms with Gasteiger partial charge in [-0.15, -0.1) is 0 Å². The van der Waals surface area contributed by atoms with Crippen LogP contribution in [-0.2, 0) is 9.53 Å². The standard InChI is InChI=1S/C21H20N2O4/c1-26-16-10-6-5-9-15(16)18-19-17(21(25)27-2)13-7-3-4-8-14(13)20(24)23(19)12-11-22-18/h3-10,17,22H,11-12H2,1-2H3. The van der Waals surface area contributed by atoms with Crippen molar-refractivity contribution in [2.75, 3.05) is 27.3 Å². The molecule has 0 fully saturated rings. The predicted octanol–water partition coefficient (Wildman–Crippen LogP) is 2.38. The lowest BCUT2D eigenvalue weighted by Crippen LogP contribution is -2.48. The van der Waals surface area contributed by atoms with Gasteiger partial charge in [-0.1, -0.05) is 30.3 Å². The summed E-state index contributed by atoms with van der Waals surface area (Å²) in [6.45, 7) is 1.06. The van der Waals surface area contributed by atoms with Gasteiger partial charge in [0.25, 0.3) is 5.91 Å². The summed E-state index contributed by atoms with van der Waals surface area (Å²) in [4.78, 5) is 27.6. The molecule has 1 N–H and O–H groups in total. The van der Waals surface area contributed by atoms with E-state index >= 15 is 0 Å². The molecular weight excluding hydrogens is 344 g/mol. The zero-order chi connectivity index (χ0) is 19.0. The van der Waals surface area contributed by atoms with E-state index in [2.05, 4.69) is 5.32 Å². The van der Waals surface area contributed by atoms with Crippen LogP contribution < -0.4 is 10.1 Å². The number of esters is 1. The highest BCUT2D eigenvalue weighted by molar-refractivity contribution is 6.04. The number of nitrogens with zero attached hydrogens (tertiary/aromatic N) is 1. The molecule has 2 heterocycles. The monoisotopic (exact) mass is 364 g/mol. The molecule has 6 nitrogen and oxygen atoms in total. The van der Waals surface area contributed by atoms with Crippen molar-refractivity contribution in [2.45, 2.75) is 5.92 Å². The van der Waals surface area contributed by atoms with E-state index in [4.69, 9.17) is 9.47 Å². The molecule has 1 atom stereocenters. The second kappa shape index (κ2) is 6.79. The number of carbonyl (C=O) groups excluding carboxylic acids is 2.